The molecule has 0 aromatic carbocycles. The molecule has 0 aromatic heterocycles. The van der Waals surface area contributed by atoms with E-state index in [4.69, 9.17) is 0 Å². The van der Waals surface area contributed by atoms with E-state index < -0.39 is 18.2 Å². The van der Waals surface area contributed by atoms with Crippen molar-refractivity contribution in [2.75, 3.05) is 0 Å². The van der Waals surface area contributed by atoms with Gasteiger partial charge in [-0.15, -0.1) is 0 Å². The summed E-state index contributed by atoms with van der Waals surface area (Å²) in [7, 11) is 0. The van der Waals surface area contributed by atoms with Crippen LogP contribution in [0.5, 0.6) is 0 Å². The van der Waals surface area contributed by atoms with Gasteiger partial charge in [-0.2, -0.15) is 13.2 Å². The zero-order valence-corrected chi connectivity index (χ0v) is 5.25. The Morgan fingerprint density at radius 2 is 1.56 bits per heavy atom. The van der Waals surface area contributed by atoms with Crippen molar-refractivity contribution in [1.29, 1.82) is 0 Å². The zero-order chi connectivity index (χ0) is 7.71. The van der Waals surface area contributed by atoms with Crippen LogP contribution in [0.3, 0.4) is 0 Å². The van der Waals surface area contributed by atoms with Crippen LogP contribution in [0, 0.1) is 0 Å². The molecule has 0 fully saturated rings. The van der Waals surface area contributed by atoms with Gasteiger partial charge in [0.1, 0.15) is 5.60 Å². The number of hydrogen-bond acceptors (Lipinski definition) is 0. The monoisotopic (exact) mass is 141 g/mol. The first-order valence-corrected chi connectivity index (χ1v) is 2.48. The quantitative estimate of drug-likeness (QED) is 0.533. The van der Waals surface area contributed by atoms with Crippen LogP contribution in [0.2, 0.25) is 0 Å². The fraction of sp³-hybridized carbons (Fsp3) is 1.00. The van der Waals surface area contributed by atoms with Crippen molar-refractivity contribution < 1.29 is 18.3 Å². The van der Waals surface area contributed by atoms with E-state index >= 15 is 0 Å². The highest BCUT2D eigenvalue weighted by atomic mass is 19.4. The van der Waals surface area contributed by atoms with Crippen LogP contribution in [0.4, 0.5) is 13.2 Å². The summed E-state index contributed by atoms with van der Waals surface area (Å²) in [5.74, 6) is 0. The molecule has 0 aliphatic rings. The SMILES string of the molecule is CC(C)([O])CC(F)(F)F. The van der Waals surface area contributed by atoms with E-state index in [0.29, 0.717) is 0 Å². The Hall–Kier alpha value is -0.250. The van der Waals surface area contributed by atoms with Gasteiger partial charge in [-0.05, 0) is 13.8 Å². The van der Waals surface area contributed by atoms with E-state index in [-0.39, 0.29) is 0 Å². The predicted octanol–water partition coefficient (Wildman–Crippen LogP) is 2.15. The van der Waals surface area contributed by atoms with Gasteiger partial charge in [0.15, 0.2) is 0 Å². The molecule has 0 aliphatic heterocycles. The molecule has 0 rings (SSSR count). The smallest absolute Gasteiger partial charge is 0.230 e. The Balaban J connectivity index is 3.75. The molecule has 0 aliphatic carbocycles. The summed E-state index contributed by atoms with van der Waals surface area (Å²) in [5, 5.41) is 10.4. The summed E-state index contributed by atoms with van der Waals surface area (Å²) in [6.07, 6.45) is -5.59. The molecule has 0 saturated carbocycles. The minimum atomic E-state index is -4.33. The van der Waals surface area contributed by atoms with Crippen molar-refractivity contribution in [2.24, 2.45) is 0 Å². The largest absolute Gasteiger partial charge is 0.391 e. The van der Waals surface area contributed by atoms with Crippen molar-refractivity contribution in [3.05, 3.63) is 0 Å². The van der Waals surface area contributed by atoms with Crippen LogP contribution in [0.1, 0.15) is 20.3 Å². The van der Waals surface area contributed by atoms with Crippen molar-refractivity contribution >= 4 is 0 Å². The van der Waals surface area contributed by atoms with Gasteiger partial charge < -0.3 is 0 Å². The van der Waals surface area contributed by atoms with Crippen molar-refractivity contribution in [2.45, 2.75) is 32.0 Å². The average Bonchev–Trinajstić information content (AvgIpc) is 1.14. The summed E-state index contributed by atoms with van der Waals surface area (Å²) >= 11 is 0. The van der Waals surface area contributed by atoms with Crippen LogP contribution in [-0.2, 0) is 5.11 Å². The number of halogens is 3. The molecular weight excluding hydrogens is 133 g/mol. The van der Waals surface area contributed by atoms with Crippen LogP contribution in [0.15, 0.2) is 0 Å². The molecule has 0 heterocycles. The maximum atomic E-state index is 11.4. The summed E-state index contributed by atoms with van der Waals surface area (Å²) < 4.78 is 34.1. The highest BCUT2D eigenvalue weighted by Crippen LogP contribution is 2.26. The molecule has 0 bridgehead atoms. The fourth-order valence-corrected chi connectivity index (χ4v) is 0.483. The predicted molar refractivity (Wildman–Crippen MR) is 25.4 cm³/mol. The lowest BCUT2D eigenvalue weighted by Crippen LogP contribution is -2.26. The van der Waals surface area contributed by atoms with E-state index in [2.05, 4.69) is 0 Å². The second-order valence-corrected chi connectivity index (χ2v) is 2.55. The molecule has 0 amide bonds. The van der Waals surface area contributed by atoms with E-state index in [9.17, 15) is 18.3 Å². The first-order valence-electron chi connectivity index (χ1n) is 2.48. The van der Waals surface area contributed by atoms with E-state index in [1.807, 2.05) is 0 Å². The highest BCUT2D eigenvalue weighted by molar-refractivity contribution is 4.69. The lowest BCUT2D eigenvalue weighted by atomic mass is 10.1. The number of hydrogen-bond donors (Lipinski definition) is 0. The number of alkyl halides is 3. The topological polar surface area (TPSA) is 19.9 Å². The van der Waals surface area contributed by atoms with Gasteiger partial charge in [0, 0.05) is 0 Å². The first-order chi connectivity index (χ1) is 3.71. The normalized spacial score (nSPS) is 14.0. The molecule has 0 saturated heterocycles. The lowest BCUT2D eigenvalue weighted by Gasteiger charge is -2.15. The van der Waals surface area contributed by atoms with Crippen LogP contribution >= 0.6 is 0 Å². The standard InChI is InChI=1S/C5H8F3O/c1-4(2,9)3-5(6,7)8/h3H2,1-2H3. The van der Waals surface area contributed by atoms with Gasteiger partial charge in [-0.3, -0.25) is 0 Å². The summed E-state index contributed by atoms with van der Waals surface area (Å²) in [6, 6.07) is 0. The Kier molecular flexibility index (Phi) is 2.11. The van der Waals surface area contributed by atoms with Crippen LogP contribution in [0.25, 0.3) is 0 Å². The van der Waals surface area contributed by atoms with Gasteiger partial charge >= 0.3 is 6.18 Å². The van der Waals surface area contributed by atoms with Crippen molar-refractivity contribution in [3.63, 3.8) is 0 Å². The third kappa shape index (κ3) is 7.75. The second-order valence-electron chi connectivity index (χ2n) is 2.55. The minimum absolute atomic E-state index is 1.01. The minimum Gasteiger partial charge on any atom is -0.230 e. The summed E-state index contributed by atoms with van der Waals surface area (Å²) in [4.78, 5) is 0. The van der Waals surface area contributed by atoms with Gasteiger partial charge in [-0.25, -0.2) is 5.11 Å². The van der Waals surface area contributed by atoms with Crippen molar-refractivity contribution in [3.8, 4) is 0 Å². The van der Waals surface area contributed by atoms with Crippen LogP contribution in [-0.4, -0.2) is 11.8 Å². The van der Waals surface area contributed by atoms with Gasteiger partial charge in [0.05, 0.1) is 6.42 Å². The molecule has 4 heteroatoms. The maximum absolute atomic E-state index is 11.4. The average molecular weight is 141 g/mol. The third-order valence-electron chi connectivity index (χ3n) is 0.626. The Bertz CT molecular complexity index is 77.4. The lowest BCUT2D eigenvalue weighted by molar-refractivity contribution is -0.180. The molecule has 0 aromatic rings. The molecule has 0 spiro atoms. The number of rotatable bonds is 1. The summed E-state index contributed by atoms with van der Waals surface area (Å²) in [5.41, 5.74) is -1.89. The zero-order valence-electron chi connectivity index (χ0n) is 5.25. The van der Waals surface area contributed by atoms with Gasteiger partial charge in [0.2, 0.25) is 0 Å². The Labute approximate surface area is 51.5 Å². The summed E-state index contributed by atoms with van der Waals surface area (Å²) in [6.45, 7) is 2.03. The van der Waals surface area contributed by atoms with Gasteiger partial charge in [-0.1, -0.05) is 0 Å². The van der Waals surface area contributed by atoms with Crippen molar-refractivity contribution in [1.82, 2.24) is 0 Å². The molecule has 55 valence electrons. The van der Waals surface area contributed by atoms with E-state index in [0.717, 1.165) is 13.8 Å². The molecule has 9 heavy (non-hydrogen) atoms. The molecule has 1 radical (unpaired) electrons. The highest BCUT2D eigenvalue weighted by Gasteiger charge is 2.36. The second kappa shape index (κ2) is 2.17. The first kappa shape index (κ1) is 8.75. The van der Waals surface area contributed by atoms with Gasteiger partial charge in [0.25, 0.3) is 0 Å². The third-order valence-corrected chi connectivity index (χ3v) is 0.626. The van der Waals surface area contributed by atoms with E-state index in [1.165, 1.54) is 0 Å². The fourth-order valence-electron chi connectivity index (χ4n) is 0.483. The molecule has 0 atom stereocenters. The molecular formula is C5H8F3O. The maximum Gasteiger partial charge on any atom is 0.391 e. The molecule has 1 nitrogen and oxygen atoms in total. The van der Waals surface area contributed by atoms with Crippen LogP contribution < -0.4 is 0 Å². The molecule has 0 N–H and O–H groups in total. The molecule has 0 unspecified atom stereocenters. The Morgan fingerprint density at radius 1 is 1.22 bits per heavy atom. The van der Waals surface area contributed by atoms with E-state index in [1.54, 1.807) is 0 Å². The Morgan fingerprint density at radius 3 is 1.56 bits per heavy atom.